The topological polar surface area (TPSA) is 88.2 Å². The summed E-state index contributed by atoms with van der Waals surface area (Å²) in [6, 6.07) is 13.7. The highest BCUT2D eigenvalue weighted by Crippen LogP contribution is 2.30. The Morgan fingerprint density at radius 1 is 1.13 bits per heavy atom. The molecule has 2 aromatic rings. The third-order valence-electron chi connectivity index (χ3n) is 5.34. The number of methoxy groups -OCH3 is 1. The molecule has 1 unspecified atom stereocenters. The number of para-hydroxylation sites is 1. The number of likely N-dealkylation sites (N-methyl/N-ethyl adjacent to an activating group) is 1. The zero-order chi connectivity index (χ0) is 22.6. The fourth-order valence-electron chi connectivity index (χ4n) is 3.49. The predicted octanol–water partition coefficient (Wildman–Crippen LogP) is 2.52. The molecule has 0 spiro atoms. The molecule has 4 amide bonds. The Hall–Kier alpha value is -3.55. The molecule has 164 valence electrons. The minimum Gasteiger partial charge on any atom is -0.497 e. The molecule has 1 saturated heterocycles. The second kappa shape index (κ2) is 9.07. The van der Waals surface area contributed by atoms with Crippen LogP contribution in [0.4, 0.5) is 4.79 Å². The maximum absolute atomic E-state index is 13.1. The highest BCUT2D eigenvalue weighted by molar-refractivity contribution is 6.09. The van der Waals surface area contributed by atoms with Crippen LogP contribution in [0, 0.1) is 0 Å². The van der Waals surface area contributed by atoms with Crippen LogP contribution in [0.1, 0.15) is 25.0 Å². The molecule has 1 fully saturated rings. The molecule has 1 N–H and O–H groups in total. The number of carbonyl (C=O) groups excluding carboxylic acids is 3. The molecule has 1 aliphatic heterocycles. The first-order chi connectivity index (χ1) is 14.8. The van der Waals surface area contributed by atoms with Crippen LogP contribution in [0.3, 0.4) is 0 Å². The van der Waals surface area contributed by atoms with Crippen LogP contribution in [0.15, 0.2) is 48.5 Å². The van der Waals surface area contributed by atoms with Crippen molar-refractivity contribution >= 4 is 17.8 Å². The number of hydrogen-bond donors (Lipinski definition) is 1. The van der Waals surface area contributed by atoms with Gasteiger partial charge in [0.2, 0.25) is 5.91 Å². The van der Waals surface area contributed by atoms with E-state index in [0.717, 1.165) is 10.5 Å². The summed E-state index contributed by atoms with van der Waals surface area (Å²) in [6.45, 7) is 3.99. The predicted molar refractivity (Wildman–Crippen MR) is 115 cm³/mol. The smallest absolute Gasteiger partial charge is 0.325 e. The Morgan fingerprint density at radius 2 is 1.81 bits per heavy atom. The molecule has 8 heteroatoms. The van der Waals surface area contributed by atoms with E-state index in [2.05, 4.69) is 5.32 Å². The molecule has 1 aliphatic rings. The lowest BCUT2D eigenvalue weighted by molar-refractivity contribution is -0.138. The van der Waals surface area contributed by atoms with Crippen molar-refractivity contribution in [3.05, 3.63) is 59.7 Å². The molecular formula is C23H27N3O5. The average molecular weight is 425 g/mol. The molecule has 0 aromatic heterocycles. The normalized spacial score (nSPS) is 18.0. The van der Waals surface area contributed by atoms with Crippen LogP contribution < -0.4 is 14.8 Å². The van der Waals surface area contributed by atoms with Gasteiger partial charge in [0, 0.05) is 19.2 Å². The van der Waals surface area contributed by atoms with E-state index in [1.807, 2.05) is 31.2 Å². The third-order valence-corrected chi connectivity index (χ3v) is 5.34. The van der Waals surface area contributed by atoms with Crippen molar-refractivity contribution < 1.29 is 23.9 Å². The lowest BCUT2D eigenvalue weighted by atomic mass is 9.92. The van der Waals surface area contributed by atoms with Crippen LogP contribution in [-0.2, 0) is 21.7 Å². The van der Waals surface area contributed by atoms with Gasteiger partial charge < -0.3 is 19.7 Å². The van der Waals surface area contributed by atoms with Gasteiger partial charge in [0.15, 0.2) is 0 Å². The molecule has 0 aliphatic carbocycles. The Balaban J connectivity index is 1.71. The van der Waals surface area contributed by atoms with E-state index >= 15 is 0 Å². The molecule has 1 heterocycles. The highest BCUT2D eigenvalue weighted by atomic mass is 16.5. The fourth-order valence-corrected chi connectivity index (χ4v) is 3.49. The summed E-state index contributed by atoms with van der Waals surface area (Å²) in [7, 11) is 3.18. The average Bonchev–Trinajstić information content (AvgIpc) is 2.99. The van der Waals surface area contributed by atoms with Gasteiger partial charge in [-0.25, -0.2) is 4.79 Å². The maximum Gasteiger partial charge on any atom is 0.325 e. The van der Waals surface area contributed by atoms with E-state index < -0.39 is 17.5 Å². The largest absolute Gasteiger partial charge is 0.497 e. The number of nitrogens with zero attached hydrogens (tertiary/aromatic N) is 2. The third kappa shape index (κ3) is 4.47. The number of urea groups is 1. The van der Waals surface area contributed by atoms with Gasteiger partial charge in [-0.3, -0.25) is 14.5 Å². The molecule has 2 aromatic carbocycles. The van der Waals surface area contributed by atoms with Gasteiger partial charge in [-0.2, -0.15) is 0 Å². The second-order valence-electron chi connectivity index (χ2n) is 7.47. The van der Waals surface area contributed by atoms with E-state index in [0.29, 0.717) is 30.2 Å². The number of rotatable bonds is 8. The van der Waals surface area contributed by atoms with Crippen LogP contribution >= 0.6 is 0 Å². The first kappa shape index (κ1) is 22.1. The van der Waals surface area contributed by atoms with Crippen LogP contribution in [0.25, 0.3) is 0 Å². The van der Waals surface area contributed by atoms with Gasteiger partial charge in [0.1, 0.15) is 23.6 Å². The molecule has 8 nitrogen and oxygen atoms in total. The number of amides is 4. The van der Waals surface area contributed by atoms with Crippen LogP contribution in [-0.4, -0.2) is 55.0 Å². The summed E-state index contributed by atoms with van der Waals surface area (Å²) in [6.07, 6.45) is 0. The first-order valence-corrected chi connectivity index (χ1v) is 10.0. The quantitative estimate of drug-likeness (QED) is 0.657. The summed E-state index contributed by atoms with van der Waals surface area (Å²) in [4.78, 5) is 40.8. The minimum atomic E-state index is -1.25. The zero-order valence-electron chi connectivity index (χ0n) is 18.2. The number of ether oxygens (including phenoxy) is 2. The molecule has 0 bridgehead atoms. The van der Waals surface area contributed by atoms with Crippen molar-refractivity contribution in [2.75, 3.05) is 27.3 Å². The van der Waals surface area contributed by atoms with Gasteiger partial charge in [-0.1, -0.05) is 30.3 Å². The Labute approximate surface area is 181 Å². The number of nitrogens with one attached hydrogen (secondary N) is 1. The van der Waals surface area contributed by atoms with Crippen molar-refractivity contribution in [1.82, 2.24) is 15.1 Å². The molecule has 31 heavy (non-hydrogen) atoms. The van der Waals surface area contributed by atoms with Crippen LogP contribution in [0.2, 0.25) is 0 Å². The first-order valence-electron chi connectivity index (χ1n) is 10.0. The number of benzene rings is 2. The number of carbonyl (C=O) groups is 3. The monoisotopic (exact) mass is 425 g/mol. The highest BCUT2D eigenvalue weighted by Gasteiger charge is 2.49. The standard InChI is InChI=1S/C23H27N3O5/c1-5-31-19-9-7-6-8-16(19)14-25(3)20(27)15-26-21(28)23(2,24-22(26)29)17-10-12-18(30-4)13-11-17/h6-13H,5,14-15H2,1-4H3,(H,24,29). The van der Waals surface area contributed by atoms with Gasteiger partial charge >= 0.3 is 6.03 Å². The van der Waals surface area contributed by atoms with Gasteiger partial charge in [-0.05, 0) is 37.6 Å². The molecule has 0 saturated carbocycles. The lowest BCUT2D eigenvalue weighted by Gasteiger charge is -2.24. The minimum absolute atomic E-state index is 0.300. The maximum atomic E-state index is 13.1. The van der Waals surface area contributed by atoms with Crippen molar-refractivity contribution in [2.45, 2.75) is 25.9 Å². The summed E-state index contributed by atoms with van der Waals surface area (Å²) in [5, 5.41) is 2.71. The van der Waals surface area contributed by atoms with Crippen molar-refractivity contribution in [1.29, 1.82) is 0 Å². The molecule has 1 atom stereocenters. The van der Waals surface area contributed by atoms with Crippen molar-refractivity contribution in [2.24, 2.45) is 0 Å². The van der Waals surface area contributed by atoms with Gasteiger partial charge in [0.05, 0.1) is 13.7 Å². The second-order valence-corrected chi connectivity index (χ2v) is 7.47. The lowest BCUT2D eigenvalue weighted by Crippen LogP contribution is -2.43. The molecular weight excluding hydrogens is 398 g/mol. The van der Waals surface area contributed by atoms with E-state index in [4.69, 9.17) is 9.47 Å². The van der Waals surface area contributed by atoms with Gasteiger partial charge in [0.25, 0.3) is 5.91 Å². The van der Waals surface area contributed by atoms with E-state index in [1.54, 1.807) is 45.3 Å². The number of hydrogen-bond acceptors (Lipinski definition) is 5. The summed E-state index contributed by atoms with van der Waals surface area (Å²) in [5.74, 6) is 0.518. The molecule has 0 radical (unpaired) electrons. The van der Waals surface area contributed by atoms with E-state index in [9.17, 15) is 14.4 Å². The van der Waals surface area contributed by atoms with Crippen molar-refractivity contribution in [3.8, 4) is 11.5 Å². The van der Waals surface area contributed by atoms with Gasteiger partial charge in [-0.15, -0.1) is 0 Å². The fraction of sp³-hybridized carbons (Fsp3) is 0.348. The van der Waals surface area contributed by atoms with Crippen LogP contribution in [0.5, 0.6) is 11.5 Å². The Bertz CT molecular complexity index is 975. The van der Waals surface area contributed by atoms with E-state index in [-0.39, 0.29) is 12.5 Å². The van der Waals surface area contributed by atoms with E-state index in [1.165, 1.54) is 4.90 Å². The number of imide groups is 1. The SMILES string of the molecule is CCOc1ccccc1CN(C)C(=O)CN1C(=O)NC(C)(c2ccc(OC)cc2)C1=O. The summed E-state index contributed by atoms with van der Waals surface area (Å²) in [5.41, 5.74) is 0.213. The Morgan fingerprint density at radius 3 is 2.45 bits per heavy atom. The summed E-state index contributed by atoms with van der Waals surface area (Å²) >= 11 is 0. The van der Waals surface area contributed by atoms with Crippen molar-refractivity contribution in [3.63, 3.8) is 0 Å². The summed E-state index contributed by atoms with van der Waals surface area (Å²) < 4.78 is 10.7. The molecule has 3 rings (SSSR count). The Kier molecular flexibility index (Phi) is 6.48. The zero-order valence-corrected chi connectivity index (χ0v) is 18.2.